The Bertz CT molecular complexity index is 1540. The second-order valence-corrected chi connectivity index (χ2v) is 9.50. The Labute approximate surface area is 196 Å². The number of alkyl halides is 3. The number of nitrogens with zero attached hydrogens (tertiary/aromatic N) is 2. The average Bonchev–Trinajstić information content (AvgIpc) is 3.16. The molecule has 2 aliphatic heterocycles. The van der Waals surface area contributed by atoms with Gasteiger partial charge in [0.05, 0.1) is 29.0 Å². The summed E-state index contributed by atoms with van der Waals surface area (Å²) in [6.45, 7) is 2.49. The van der Waals surface area contributed by atoms with E-state index >= 15 is 0 Å². The highest BCUT2D eigenvalue weighted by Crippen LogP contribution is 2.50. The predicted molar refractivity (Wildman–Crippen MR) is 118 cm³/mol. The van der Waals surface area contributed by atoms with E-state index in [0.29, 0.717) is 35.2 Å². The van der Waals surface area contributed by atoms with Crippen LogP contribution in [0.5, 0.6) is 0 Å². The van der Waals surface area contributed by atoms with E-state index in [4.69, 9.17) is 10.5 Å². The fraction of sp³-hybridized carbons (Fsp3) is 0.400. The van der Waals surface area contributed by atoms with Crippen molar-refractivity contribution in [3.8, 4) is 11.4 Å². The molecule has 0 saturated carbocycles. The predicted octanol–water partition coefficient (Wildman–Crippen LogP) is 4.09. The molecule has 0 bridgehead atoms. The number of fused-ring (bicyclic) bond motifs is 5. The Morgan fingerprint density at radius 1 is 1.23 bits per heavy atom. The van der Waals surface area contributed by atoms with Crippen molar-refractivity contribution in [2.45, 2.75) is 63.9 Å². The number of hydrogen-bond donors (Lipinski definition) is 1. The number of esters is 1. The highest BCUT2D eigenvalue weighted by atomic mass is 19.4. The number of carbonyl (C=O) groups excluding carboxylic acids is 1. The van der Waals surface area contributed by atoms with E-state index in [2.05, 4.69) is 4.98 Å². The molecule has 3 aliphatic rings. The van der Waals surface area contributed by atoms with Gasteiger partial charge in [-0.15, -0.1) is 0 Å². The second kappa shape index (κ2) is 6.90. The van der Waals surface area contributed by atoms with Gasteiger partial charge in [0.2, 0.25) is 0 Å². The summed E-state index contributed by atoms with van der Waals surface area (Å²) in [6, 6.07) is 2.16. The molecule has 0 unspecified atom stereocenters. The molecule has 2 aromatic heterocycles. The SMILES string of the molecule is CC[C@@]1(C(F)(F)F)C(=O)OCc2c1cc1n(c2=O)Cc2c-1nc1cc(F)c(C)c3c1c2[C@@H](N)CC3. The molecule has 6 nitrogen and oxygen atoms in total. The number of carbonyl (C=O) groups is 1. The molecule has 10 heteroatoms. The maximum atomic E-state index is 14.7. The van der Waals surface area contributed by atoms with Crippen LogP contribution in [0, 0.1) is 12.7 Å². The first kappa shape index (κ1) is 22.2. The number of hydrogen-bond acceptors (Lipinski definition) is 5. The molecule has 1 aliphatic carbocycles. The molecule has 0 saturated heterocycles. The monoisotopic (exact) mass is 487 g/mol. The van der Waals surface area contributed by atoms with Gasteiger partial charge in [0.25, 0.3) is 5.56 Å². The van der Waals surface area contributed by atoms with E-state index in [1.165, 1.54) is 23.6 Å². The summed E-state index contributed by atoms with van der Waals surface area (Å²) in [5.74, 6) is -1.85. The van der Waals surface area contributed by atoms with Crippen molar-refractivity contribution in [2.24, 2.45) is 5.73 Å². The van der Waals surface area contributed by atoms with Crippen LogP contribution in [-0.2, 0) is 34.5 Å². The topological polar surface area (TPSA) is 87.2 Å². The Balaban J connectivity index is 1.71. The summed E-state index contributed by atoms with van der Waals surface area (Å²) < 4.78 is 63.9. The van der Waals surface area contributed by atoms with Gasteiger partial charge in [-0.1, -0.05) is 6.92 Å². The number of pyridine rings is 2. The molecule has 1 aromatic carbocycles. The van der Waals surface area contributed by atoms with Gasteiger partial charge in [-0.2, -0.15) is 13.2 Å². The second-order valence-electron chi connectivity index (χ2n) is 9.50. The van der Waals surface area contributed by atoms with Crippen molar-refractivity contribution in [2.75, 3.05) is 0 Å². The smallest absolute Gasteiger partial charge is 0.408 e. The van der Waals surface area contributed by atoms with E-state index in [1.807, 2.05) is 0 Å². The molecule has 3 aromatic rings. The number of aromatic nitrogens is 2. The normalized spacial score (nSPS) is 22.6. The first-order valence-corrected chi connectivity index (χ1v) is 11.4. The van der Waals surface area contributed by atoms with Crippen LogP contribution in [0.25, 0.3) is 22.3 Å². The third-order valence-corrected chi connectivity index (χ3v) is 7.95. The van der Waals surface area contributed by atoms with Crippen molar-refractivity contribution in [3.63, 3.8) is 0 Å². The third-order valence-electron chi connectivity index (χ3n) is 7.95. The van der Waals surface area contributed by atoms with Gasteiger partial charge in [-0.05, 0) is 54.5 Å². The highest BCUT2D eigenvalue weighted by molar-refractivity contribution is 5.93. The summed E-state index contributed by atoms with van der Waals surface area (Å²) in [5.41, 5.74) is 5.83. The van der Waals surface area contributed by atoms with Crippen molar-refractivity contribution in [1.29, 1.82) is 0 Å². The minimum Gasteiger partial charge on any atom is -0.460 e. The van der Waals surface area contributed by atoms with Crippen LogP contribution in [0.4, 0.5) is 17.6 Å². The molecule has 6 rings (SSSR count). The van der Waals surface area contributed by atoms with Crippen molar-refractivity contribution in [3.05, 3.63) is 61.7 Å². The van der Waals surface area contributed by atoms with E-state index in [0.717, 1.165) is 16.5 Å². The summed E-state index contributed by atoms with van der Waals surface area (Å²) in [4.78, 5) is 30.6. The van der Waals surface area contributed by atoms with Crippen LogP contribution in [0.15, 0.2) is 16.9 Å². The zero-order valence-electron chi connectivity index (χ0n) is 19.0. The molecule has 2 atom stereocenters. The van der Waals surface area contributed by atoms with Crippen LogP contribution in [0.2, 0.25) is 0 Å². The quantitative estimate of drug-likeness (QED) is 0.323. The molecule has 2 N–H and O–H groups in total. The summed E-state index contributed by atoms with van der Waals surface area (Å²) >= 11 is 0. The van der Waals surface area contributed by atoms with Gasteiger partial charge in [-0.3, -0.25) is 9.59 Å². The molecule has 0 radical (unpaired) electrons. The van der Waals surface area contributed by atoms with Crippen LogP contribution < -0.4 is 11.3 Å². The minimum atomic E-state index is -4.97. The number of cyclic esters (lactones) is 1. The lowest BCUT2D eigenvalue weighted by atomic mass is 9.74. The number of benzene rings is 1. The number of halogens is 4. The number of nitrogens with two attached hydrogens (primary N) is 1. The maximum Gasteiger partial charge on any atom is 0.408 e. The Morgan fingerprint density at radius 2 is 1.97 bits per heavy atom. The molecule has 182 valence electrons. The lowest BCUT2D eigenvalue weighted by molar-refractivity contribution is -0.214. The molecule has 35 heavy (non-hydrogen) atoms. The van der Waals surface area contributed by atoms with Gasteiger partial charge in [0, 0.05) is 23.1 Å². The van der Waals surface area contributed by atoms with Crippen molar-refractivity contribution < 1.29 is 27.1 Å². The molecular weight excluding hydrogens is 466 g/mol. The van der Waals surface area contributed by atoms with Crippen molar-refractivity contribution in [1.82, 2.24) is 9.55 Å². The van der Waals surface area contributed by atoms with E-state index < -0.39 is 47.5 Å². The zero-order valence-corrected chi connectivity index (χ0v) is 19.0. The van der Waals surface area contributed by atoms with Crippen LogP contribution in [-0.4, -0.2) is 21.7 Å². The third kappa shape index (κ3) is 2.60. The van der Waals surface area contributed by atoms with Gasteiger partial charge in [0.1, 0.15) is 12.4 Å². The fourth-order valence-electron chi connectivity index (χ4n) is 6.07. The Kier molecular flexibility index (Phi) is 4.38. The minimum absolute atomic E-state index is 0.0811. The number of aryl methyl sites for hydroxylation is 1. The van der Waals surface area contributed by atoms with Crippen molar-refractivity contribution >= 4 is 16.9 Å². The molecule has 0 fully saturated rings. The van der Waals surface area contributed by atoms with Gasteiger partial charge in [0.15, 0.2) is 5.41 Å². The number of rotatable bonds is 1. The van der Waals surface area contributed by atoms with Gasteiger partial charge >= 0.3 is 12.1 Å². The van der Waals surface area contributed by atoms with Crippen LogP contribution in [0.3, 0.4) is 0 Å². The zero-order chi connectivity index (χ0) is 25.0. The summed E-state index contributed by atoms with van der Waals surface area (Å²) in [5, 5.41) is 0.753. The van der Waals surface area contributed by atoms with E-state index in [9.17, 15) is 27.2 Å². The molecule has 4 heterocycles. The fourth-order valence-corrected chi connectivity index (χ4v) is 6.07. The largest absolute Gasteiger partial charge is 0.460 e. The van der Waals surface area contributed by atoms with Crippen LogP contribution >= 0.6 is 0 Å². The lowest BCUT2D eigenvalue weighted by Gasteiger charge is -2.37. The van der Waals surface area contributed by atoms with Gasteiger partial charge in [-0.25, -0.2) is 9.37 Å². The average molecular weight is 487 g/mol. The first-order chi connectivity index (χ1) is 16.5. The highest BCUT2D eigenvalue weighted by Gasteiger charge is 2.64. The standard InChI is InChI=1S/C25H21F4N3O3/c1-3-24(25(27,28)29)14-6-18-21-12(8-32(18)22(33)13(14)9-35-23(24)34)19-16(30)5-4-11-10(2)15(26)7-17(31-21)20(11)19/h6-7,16H,3-5,8-9,30H2,1-2H3/t16-,24-/m0/s1. The Hall–Kier alpha value is -3.27. The lowest BCUT2D eigenvalue weighted by Crippen LogP contribution is -2.53. The summed E-state index contributed by atoms with van der Waals surface area (Å²) in [7, 11) is 0. The van der Waals surface area contributed by atoms with E-state index in [-0.39, 0.29) is 23.8 Å². The summed E-state index contributed by atoms with van der Waals surface area (Å²) in [6.07, 6.45) is -4.44. The number of ether oxygens (including phenoxy) is 1. The maximum absolute atomic E-state index is 14.7. The molecular formula is C25H21F4N3O3. The Morgan fingerprint density at radius 3 is 2.66 bits per heavy atom. The van der Waals surface area contributed by atoms with Crippen LogP contribution in [0.1, 0.15) is 59.2 Å². The molecule has 0 spiro atoms. The van der Waals surface area contributed by atoms with Gasteiger partial charge < -0.3 is 15.0 Å². The molecule has 0 amide bonds. The van der Waals surface area contributed by atoms with E-state index in [1.54, 1.807) is 6.92 Å². The first-order valence-electron chi connectivity index (χ1n) is 11.4.